The number of ether oxygens (including phenoxy) is 1. The maximum Gasteiger partial charge on any atom is 0.152 e. The van der Waals surface area contributed by atoms with Crippen LogP contribution in [0.25, 0.3) is 5.65 Å². The van der Waals surface area contributed by atoms with Crippen LogP contribution in [0.3, 0.4) is 0 Å². The molecule has 1 unspecified atom stereocenters. The number of morpholine rings is 1. The third kappa shape index (κ3) is 2.01. The fourth-order valence-electron chi connectivity index (χ4n) is 2.42. The number of hydrogen-bond donors (Lipinski definition) is 0. The van der Waals surface area contributed by atoms with Crippen molar-refractivity contribution in [2.45, 2.75) is 18.4 Å². The van der Waals surface area contributed by atoms with Gasteiger partial charge in [0.2, 0.25) is 0 Å². The molecule has 96 valence electrons. The van der Waals surface area contributed by atoms with Crippen molar-refractivity contribution in [2.24, 2.45) is 0 Å². The Kier molecular flexibility index (Phi) is 3.26. The minimum atomic E-state index is 0.270. The van der Waals surface area contributed by atoms with Gasteiger partial charge in [0.05, 0.1) is 18.4 Å². The molecule has 0 aliphatic carbocycles. The summed E-state index contributed by atoms with van der Waals surface area (Å²) in [5, 5.41) is 0.805. The Hall–Kier alpha value is -1.07. The molecule has 3 rings (SSSR count). The standard InChI is InChI=1S/C13H16BrN3O/c1-10-9-16(6-7-18-10)13-11(8-14)17-5-3-2-4-12(17)15-13/h2-5,10H,6-9H2,1H3. The van der Waals surface area contributed by atoms with Gasteiger partial charge in [-0.15, -0.1) is 0 Å². The van der Waals surface area contributed by atoms with E-state index in [0.717, 1.165) is 36.5 Å². The summed E-state index contributed by atoms with van der Waals surface area (Å²) in [6.07, 6.45) is 2.33. The van der Waals surface area contributed by atoms with Gasteiger partial charge in [-0.3, -0.25) is 0 Å². The molecule has 1 saturated heterocycles. The van der Waals surface area contributed by atoms with E-state index in [9.17, 15) is 0 Å². The van der Waals surface area contributed by atoms with Crippen molar-refractivity contribution in [3.8, 4) is 0 Å². The number of alkyl halides is 1. The van der Waals surface area contributed by atoms with Crippen molar-refractivity contribution in [3.63, 3.8) is 0 Å². The lowest BCUT2D eigenvalue weighted by molar-refractivity contribution is 0.0529. The van der Waals surface area contributed by atoms with Crippen molar-refractivity contribution in [3.05, 3.63) is 30.1 Å². The molecule has 2 aromatic heterocycles. The fraction of sp³-hybridized carbons (Fsp3) is 0.462. The zero-order valence-corrected chi connectivity index (χ0v) is 11.9. The van der Waals surface area contributed by atoms with Gasteiger partial charge in [0.1, 0.15) is 5.65 Å². The van der Waals surface area contributed by atoms with Crippen LogP contribution < -0.4 is 4.90 Å². The molecule has 1 aliphatic heterocycles. The van der Waals surface area contributed by atoms with Gasteiger partial charge < -0.3 is 14.0 Å². The van der Waals surface area contributed by atoms with Crippen molar-refractivity contribution >= 4 is 27.4 Å². The maximum absolute atomic E-state index is 5.59. The highest BCUT2D eigenvalue weighted by Crippen LogP contribution is 2.25. The van der Waals surface area contributed by atoms with Gasteiger partial charge >= 0.3 is 0 Å². The molecule has 3 heterocycles. The number of rotatable bonds is 2. The summed E-state index contributed by atoms with van der Waals surface area (Å²) >= 11 is 3.57. The fourth-order valence-corrected chi connectivity index (χ4v) is 2.94. The molecule has 5 heteroatoms. The van der Waals surface area contributed by atoms with E-state index >= 15 is 0 Å². The summed E-state index contributed by atoms with van der Waals surface area (Å²) in [5.74, 6) is 1.08. The van der Waals surface area contributed by atoms with Gasteiger partial charge in [0.25, 0.3) is 0 Å². The lowest BCUT2D eigenvalue weighted by Gasteiger charge is -2.31. The molecule has 1 fully saturated rings. The molecule has 18 heavy (non-hydrogen) atoms. The summed E-state index contributed by atoms with van der Waals surface area (Å²) < 4.78 is 7.73. The Morgan fingerprint density at radius 1 is 1.50 bits per heavy atom. The van der Waals surface area contributed by atoms with Crippen LogP contribution >= 0.6 is 15.9 Å². The molecule has 0 N–H and O–H groups in total. The summed E-state index contributed by atoms with van der Waals surface area (Å²) in [5.41, 5.74) is 2.21. The molecular formula is C13H16BrN3O. The van der Waals surface area contributed by atoms with Crippen molar-refractivity contribution in [1.29, 1.82) is 0 Å². The second-order valence-corrected chi connectivity index (χ2v) is 5.13. The number of imidazole rings is 1. The summed E-state index contributed by atoms with van der Waals surface area (Å²) in [7, 11) is 0. The smallest absolute Gasteiger partial charge is 0.152 e. The quantitative estimate of drug-likeness (QED) is 0.798. The molecule has 0 bridgehead atoms. The lowest BCUT2D eigenvalue weighted by atomic mass is 10.3. The lowest BCUT2D eigenvalue weighted by Crippen LogP contribution is -2.41. The number of anilines is 1. The third-order valence-electron chi connectivity index (χ3n) is 3.27. The van der Waals surface area contributed by atoms with Crippen molar-refractivity contribution in [2.75, 3.05) is 24.6 Å². The van der Waals surface area contributed by atoms with E-state index < -0.39 is 0 Å². The van der Waals surface area contributed by atoms with E-state index in [2.05, 4.69) is 38.4 Å². The molecular weight excluding hydrogens is 294 g/mol. The average molecular weight is 310 g/mol. The van der Waals surface area contributed by atoms with Crippen LogP contribution in [0.15, 0.2) is 24.4 Å². The average Bonchev–Trinajstić information content (AvgIpc) is 2.77. The van der Waals surface area contributed by atoms with Gasteiger partial charge in [0, 0.05) is 24.6 Å². The van der Waals surface area contributed by atoms with E-state index in [0.29, 0.717) is 0 Å². The van der Waals surface area contributed by atoms with E-state index in [4.69, 9.17) is 9.72 Å². The first-order chi connectivity index (χ1) is 8.79. The first kappa shape index (κ1) is 12.0. The van der Waals surface area contributed by atoms with Crippen LogP contribution in [0.5, 0.6) is 0 Å². The molecule has 0 saturated carbocycles. The first-order valence-corrected chi connectivity index (χ1v) is 7.30. The number of halogens is 1. The second-order valence-electron chi connectivity index (χ2n) is 4.57. The van der Waals surface area contributed by atoms with E-state index in [-0.39, 0.29) is 6.10 Å². The summed E-state index contributed by atoms with van der Waals surface area (Å²) in [4.78, 5) is 7.06. The summed E-state index contributed by atoms with van der Waals surface area (Å²) in [6.45, 7) is 4.70. The SMILES string of the molecule is CC1CN(c2nc3ccccn3c2CBr)CCO1. The Bertz CT molecular complexity index is 554. The van der Waals surface area contributed by atoms with Crippen molar-refractivity contribution < 1.29 is 4.74 Å². The molecule has 2 aromatic rings. The van der Waals surface area contributed by atoms with Gasteiger partial charge in [0.15, 0.2) is 5.82 Å². The van der Waals surface area contributed by atoms with E-state index in [1.54, 1.807) is 0 Å². The van der Waals surface area contributed by atoms with Crippen LogP contribution in [0.2, 0.25) is 0 Å². The first-order valence-electron chi connectivity index (χ1n) is 6.18. The Labute approximate surface area is 115 Å². The van der Waals surface area contributed by atoms with Gasteiger partial charge in [-0.05, 0) is 19.1 Å². The number of fused-ring (bicyclic) bond motifs is 1. The Morgan fingerprint density at radius 3 is 3.17 bits per heavy atom. The zero-order valence-electron chi connectivity index (χ0n) is 10.3. The van der Waals surface area contributed by atoms with Crippen LogP contribution in [0.1, 0.15) is 12.6 Å². The normalized spacial score (nSPS) is 20.6. The zero-order chi connectivity index (χ0) is 12.5. The van der Waals surface area contributed by atoms with Crippen LogP contribution in [-0.4, -0.2) is 35.2 Å². The van der Waals surface area contributed by atoms with Gasteiger partial charge in [-0.25, -0.2) is 4.98 Å². The minimum absolute atomic E-state index is 0.270. The highest BCUT2D eigenvalue weighted by atomic mass is 79.9. The Balaban J connectivity index is 2.05. The predicted molar refractivity (Wildman–Crippen MR) is 75.5 cm³/mol. The second kappa shape index (κ2) is 4.90. The summed E-state index contributed by atoms with van der Waals surface area (Å²) in [6, 6.07) is 6.10. The van der Waals surface area contributed by atoms with Crippen LogP contribution in [-0.2, 0) is 10.1 Å². The van der Waals surface area contributed by atoms with E-state index in [1.807, 2.05) is 18.2 Å². The highest BCUT2D eigenvalue weighted by molar-refractivity contribution is 9.08. The number of nitrogens with zero attached hydrogens (tertiary/aromatic N) is 3. The third-order valence-corrected chi connectivity index (χ3v) is 3.81. The number of aromatic nitrogens is 2. The van der Waals surface area contributed by atoms with Gasteiger partial charge in [-0.1, -0.05) is 22.0 Å². The van der Waals surface area contributed by atoms with Crippen LogP contribution in [0.4, 0.5) is 5.82 Å². The minimum Gasteiger partial charge on any atom is -0.375 e. The predicted octanol–water partition coefficient (Wildman–Crippen LogP) is 2.45. The molecule has 1 atom stereocenters. The monoisotopic (exact) mass is 309 g/mol. The van der Waals surface area contributed by atoms with E-state index in [1.165, 1.54) is 5.69 Å². The Morgan fingerprint density at radius 2 is 2.39 bits per heavy atom. The van der Waals surface area contributed by atoms with Crippen LogP contribution in [0, 0.1) is 0 Å². The molecule has 0 aromatic carbocycles. The maximum atomic E-state index is 5.59. The topological polar surface area (TPSA) is 29.8 Å². The molecule has 1 aliphatic rings. The molecule has 0 radical (unpaired) electrons. The highest BCUT2D eigenvalue weighted by Gasteiger charge is 2.22. The largest absolute Gasteiger partial charge is 0.375 e. The molecule has 4 nitrogen and oxygen atoms in total. The number of hydrogen-bond acceptors (Lipinski definition) is 3. The van der Waals surface area contributed by atoms with Crippen molar-refractivity contribution in [1.82, 2.24) is 9.38 Å². The molecule has 0 amide bonds. The number of pyridine rings is 1. The van der Waals surface area contributed by atoms with Gasteiger partial charge in [-0.2, -0.15) is 0 Å². The molecule has 0 spiro atoms.